The second kappa shape index (κ2) is 6.85. The first-order valence-corrected chi connectivity index (χ1v) is 7.26. The summed E-state index contributed by atoms with van der Waals surface area (Å²) in [5.74, 6) is -0.242. The van der Waals surface area contributed by atoms with Crippen LogP contribution < -0.4 is 10.1 Å². The molecule has 0 heterocycles. The molecule has 1 amide bonds. The molecule has 0 aliphatic carbocycles. The summed E-state index contributed by atoms with van der Waals surface area (Å²) in [5.41, 5.74) is 0.682. The zero-order chi connectivity index (χ0) is 14.5. The van der Waals surface area contributed by atoms with E-state index >= 15 is 0 Å². The minimum Gasteiger partial charge on any atom is -0.484 e. The normalized spacial score (nSPS) is 10.2. The summed E-state index contributed by atoms with van der Waals surface area (Å²) in [4.78, 5) is 11.7. The molecule has 1 N–H and O–H groups in total. The lowest BCUT2D eigenvalue weighted by Crippen LogP contribution is -2.20. The Hall–Kier alpha value is -1.40. The number of carbonyl (C=O) groups is 1. The predicted octanol–water partition coefficient (Wildman–Crippen LogP) is 4.37. The summed E-state index contributed by atoms with van der Waals surface area (Å²) in [6.07, 6.45) is 0. The average molecular weight is 403 g/mol. The molecule has 0 saturated carbocycles. The number of ether oxygens (including phenoxy) is 1. The first kappa shape index (κ1) is 15.0. The van der Waals surface area contributed by atoms with Gasteiger partial charge >= 0.3 is 0 Å². The third-order valence-corrected chi connectivity index (χ3v) is 3.53. The molecule has 104 valence electrons. The predicted molar refractivity (Wildman–Crippen MR) is 82.4 cm³/mol. The summed E-state index contributed by atoms with van der Waals surface area (Å²) in [6, 6.07) is 11.4. The molecule has 2 aromatic carbocycles. The number of anilines is 1. The fraction of sp³-hybridized carbons (Fsp3) is 0.0714. The highest BCUT2D eigenvalue weighted by Crippen LogP contribution is 2.21. The van der Waals surface area contributed by atoms with Crippen molar-refractivity contribution in [2.75, 3.05) is 11.9 Å². The number of benzene rings is 2. The fourth-order valence-corrected chi connectivity index (χ4v) is 2.07. The highest BCUT2D eigenvalue weighted by molar-refractivity contribution is 9.10. The third kappa shape index (κ3) is 4.31. The molecule has 20 heavy (non-hydrogen) atoms. The number of hydrogen-bond donors (Lipinski definition) is 1. The van der Waals surface area contributed by atoms with E-state index in [-0.39, 0.29) is 18.3 Å². The van der Waals surface area contributed by atoms with Crippen LogP contribution in [0, 0.1) is 5.82 Å². The van der Waals surface area contributed by atoms with Crippen LogP contribution in [0.2, 0.25) is 0 Å². The molecule has 0 fully saturated rings. The van der Waals surface area contributed by atoms with Gasteiger partial charge in [-0.15, -0.1) is 0 Å². The van der Waals surface area contributed by atoms with Crippen molar-refractivity contribution >= 4 is 43.5 Å². The molecule has 0 atom stereocenters. The van der Waals surface area contributed by atoms with Gasteiger partial charge in [0.2, 0.25) is 0 Å². The van der Waals surface area contributed by atoms with E-state index in [1.807, 2.05) is 12.1 Å². The maximum Gasteiger partial charge on any atom is 0.262 e. The Morgan fingerprint density at radius 1 is 1.15 bits per heavy atom. The number of nitrogens with one attached hydrogen (secondary N) is 1. The van der Waals surface area contributed by atoms with E-state index in [4.69, 9.17) is 4.74 Å². The zero-order valence-corrected chi connectivity index (χ0v) is 13.4. The van der Waals surface area contributed by atoms with Crippen molar-refractivity contribution in [1.29, 1.82) is 0 Å². The van der Waals surface area contributed by atoms with E-state index in [9.17, 15) is 9.18 Å². The lowest BCUT2D eigenvalue weighted by Gasteiger charge is -2.08. The Kier molecular flexibility index (Phi) is 5.14. The monoisotopic (exact) mass is 401 g/mol. The van der Waals surface area contributed by atoms with Gasteiger partial charge in [0.1, 0.15) is 11.6 Å². The van der Waals surface area contributed by atoms with Gasteiger partial charge in [0.25, 0.3) is 5.91 Å². The van der Waals surface area contributed by atoms with Gasteiger partial charge in [-0.1, -0.05) is 15.9 Å². The smallest absolute Gasteiger partial charge is 0.262 e. The van der Waals surface area contributed by atoms with Crippen molar-refractivity contribution in [3.05, 3.63) is 57.2 Å². The largest absolute Gasteiger partial charge is 0.484 e. The van der Waals surface area contributed by atoms with Crippen LogP contribution in [0.25, 0.3) is 0 Å². The molecule has 6 heteroatoms. The molecule has 0 aliphatic rings. The summed E-state index contributed by atoms with van der Waals surface area (Å²) in [6.45, 7) is -0.145. The van der Waals surface area contributed by atoms with Gasteiger partial charge in [-0.2, -0.15) is 0 Å². The van der Waals surface area contributed by atoms with Crippen molar-refractivity contribution in [2.24, 2.45) is 0 Å². The Morgan fingerprint density at radius 2 is 1.85 bits per heavy atom. The number of hydrogen-bond acceptors (Lipinski definition) is 2. The van der Waals surface area contributed by atoms with Gasteiger partial charge in [-0.25, -0.2) is 4.39 Å². The van der Waals surface area contributed by atoms with Crippen molar-refractivity contribution in [2.45, 2.75) is 0 Å². The fourth-order valence-electron chi connectivity index (χ4n) is 1.45. The molecule has 0 aromatic heterocycles. The summed E-state index contributed by atoms with van der Waals surface area (Å²) in [5, 5.41) is 2.69. The first-order chi connectivity index (χ1) is 9.54. The third-order valence-electron chi connectivity index (χ3n) is 2.39. The van der Waals surface area contributed by atoms with Gasteiger partial charge in [0.05, 0.1) is 4.47 Å². The second-order valence-electron chi connectivity index (χ2n) is 3.92. The Morgan fingerprint density at radius 3 is 2.50 bits per heavy atom. The number of halogens is 3. The van der Waals surface area contributed by atoms with Crippen molar-refractivity contribution in [1.82, 2.24) is 0 Å². The van der Waals surface area contributed by atoms with Gasteiger partial charge in [0.15, 0.2) is 6.61 Å². The zero-order valence-electron chi connectivity index (χ0n) is 10.2. The van der Waals surface area contributed by atoms with E-state index in [2.05, 4.69) is 37.2 Å². The topological polar surface area (TPSA) is 38.3 Å². The molecular weight excluding hydrogens is 393 g/mol. The SMILES string of the molecule is O=C(COc1ccc(F)c(Br)c1)Nc1ccc(Br)cc1. The molecule has 0 aliphatic heterocycles. The number of carbonyl (C=O) groups excluding carboxylic acids is 1. The number of rotatable bonds is 4. The molecule has 0 radical (unpaired) electrons. The van der Waals surface area contributed by atoms with Crippen molar-refractivity contribution in [3.63, 3.8) is 0 Å². The van der Waals surface area contributed by atoms with Gasteiger partial charge in [-0.05, 0) is 58.4 Å². The quantitative estimate of drug-likeness (QED) is 0.824. The number of amides is 1. The lowest BCUT2D eigenvalue weighted by atomic mass is 10.3. The van der Waals surface area contributed by atoms with Crippen LogP contribution in [0.5, 0.6) is 5.75 Å². The molecule has 0 bridgehead atoms. The molecule has 2 rings (SSSR count). The molecular formula is C14H10Br2FNO2. The highest BCUT2D eigenvalue weighted by atomic mass is 79.9. The lowest BCUT2D eigenvalue weighted by molar-refractivity contribution is -0.118. The maximum atomic E-state index is 13.0. The summed E-state index contributed by atoms with van der Waals surface area (Å²) < 4.78 is 19.5. The molecule has 0 spiro atoms. The van der Waals surface area contributed by atoms with E-state index in [1.54, 1.807) is 12.1 Å². The maximum absolute atomic E-state index is 13.0. The average Bonchev–Trinajstić information content (AvgIpc) is 2.43. The first-order valence-electron chi connectivity index (χ1n) is 5.68. The van der Waals surface area contributed by atoms with Crippen LogP contribution in [-0.2, 0) is 4.79 Å². The second-order valence-corrected chi connectivity index (χ2v) is 5.69. The van der Waals surface area contributed by atoms with Crippen LogP contribution in [-0.4, -0.2) is 12.5 Å². The van der Waals surface area contributed by atoms with Crippen LogP contribution in [0.15, 0.2) is 51.4 Å². The van der Waals surface area contributed by atoms with Crippen molar-refractivity contribution in [3.8, 4) is 5.75 Å². The van der Waals surface area contributed by atoms with E-state index in [0.29, 0.717) is 15.9 Å². The van der Waals surface area contributed by atoms with Crippen LogP contribution >= 0.6 is 31.9 Å². The highest BCUT2D eigenvalue weighted by Gasteiger charge is 2.05. The van der Waals surface area contributed by atoms with Gasteiger partial charge in [-0.3, -0.25) is 4.79 Å². The Labute approximate surface area is 132 Å². The standard InChI is InChI=1S/C14H10Br2FNO2/c15-9-1-3-10(4-2-9)18-14(19)8-20-11-5-6-13(17)12(16)7-11/h1-7H,8H2,(H,18,19). The minimum absolute atomic E-state index is 0.145. The molecule has 0 saturated heterocycles. The minimum atomic E-state index is -0.378. The summed E-state index contributed by atoms with van der Waals surface area (Å²) >= 11 is 6.37. The Bertz CT molecular complexity index is 617. The Balaban J connectivity index is 1.88. The van der Waals surface area contributed by atoms with E-state index in [0.717, 1.165) is 4.47 Å². The molecule has 0 unspecified atom stereocenters. The molecule has 2 aromatic rings. The molecule has 3 nitrogen and oxygen atoms in total. The summed E-state index contributed by atoms with van der Waals surface area (Å²) in [7, 11) is 0. The van der Waals surface area contributed by atoms with Crippen LogP contribution in [0.1, 0.15) is 0 Å². The van der Waals surface area contributed by atoms with Gasteiger partial charge < -0.3 is 10.1 Å². The van der Waals surface area contributed by atoms with Crippen molar-refractivity contribution < 1.29 is 13.9 Å². The van der Waals surface area contributed by atoms with Gasteiger partial charge in [0, 0.05) is 10.2 Å². The van der Waals surface area contributed by atoms with E-state index in [1.165, 1.54) is 18.2 Å². The van der Waals surface area contributed by atoms with E-state index < -0.39 is 0 Å². The van der Waals surface area contributed by atoms with Crippen LogP contribution in [0.3, 0.4) is 0 Å². The van der Waals surface area contributed by atoms with Crippen LogP contribution in [0.4, 0.5) is 10.1 Å².